The minimum atomic E-state index is -0.183. The second kappa shape index (κ2) is 11.4. The minimum absolute atomic E-state index is 0.183. The highest BCUT2D eigenvalue weighted by molar-refractivity contribution is 8.18. The second-order valence-electron chi connectivity index (χ2n) is 7.32. The van der Waals surface area contributed by atoms with Crippen molar-refractivity contribution in [1.29, 1.82) is 0 Å². The van der Waals surface area contributed by atoms with Crippen LogP contribution in [0.5, 0.6) is 17.2 Å². The molecule has 7 heteroatoms. The molecule has 0 spiro atoms. The van der Waals surface area contributed by atoms with E-state index in [1.807, 2.05) is 92.7 Å². The maximum absolute atomic E-state index is 12.5. The number of rotatable bonds is 9. The van der Waals surface area contributed by atoms with Crippen LogP contribution in [-0.2, 0) is 11.4 Å². The second-order valence-corrected chi connectivity index (χ2v) is 8.35. The van der Waals surface area contributed by atoms with Gasteiger partial charge in [0.15, 0.2) is 16.7 Å². The maximum atomic E-state index is 12.5. The predicted molar refractivity (Wildman–Crippen MR) is 137 cm³/mol. The van der Waals surface area contributed by atoms with E-state index >= 15 is 0 Å². The van der Waals surface area contributed by atoms with Gasteiger partial charge in [0, 0.05) is 0 Å². The molecule has 1 aliphatic heterocycles. The van der Waals surface area contributed by atoms with E-state index < -0.39 is 0 Å². The smallest absolute Gasteiger partial charge is 0.264 e. The first-order chi connectivity index (χ1) is 16.6. The van der Waals surface area contributed by atoms with Gasteiger partial charge in [0.1, 0.15) is 12.4 Å². The lowest BCUT2D eigenvalue weighted by atomic mass is 10.2. The van der Waals surface area contributed by atoms with E-state index in [0.717, 1.165) is 22.6 Å². The molecule has 0 saturated carbocycles. The lowest BCUT2D eigenvalue weighted by Crippen LogP contribution is -2.19. The van der Waals surface area contributed by atoms with Crippen molar-refractivity contribution in [2.24, 2.45) is 4.99 Å². The predicted octanol–water partition coefficient (Wildman–Crippen LogP) is 5.95. The number of ether oxygens (including phenoxy) is 3. The highest BCUT2D eigenvalue weighted by Gasteiger charge is 2.24. The summed E-state index contributed by atoms with van der Waals surface area (Å²) in [5, 5.41) is 3.36. The summed E-state index contributed by atoms with van der Waals surface area (Å²) in [4.78, 5) is 17.6. The number of carbonyl (C=O) groups excluding carboxylic acids is 1. The van der Waals surface area contributed by atoms with Crippen LogP contribution >= 0.6 is 11.8 Å². The lowest BCUT2D eigenvalue weighted by molar-refractivity contribution is -0.115. The number of benzene rings is 3. The van der Waals surface area contributed by atoms with Crippen molar-refractivity contribution in [3.05, 3.63) is 88.8 Å². The molecule has 34 heavy (non-hydrogen) atoms. The Balaban J connectivity index is 1.47. The monoisotopic (exact) mass is 474 g/mol. The molecule has 0 unspecified atom stereocenters. The molecule has 174 valence electrons. The Kier molecular flexibility index (Phi) is 7.88. The molecule has 1 N–H and O–H groups in total. The van der Waals surface area contributed by atoms with Crippen LogP contribution in [0.4, 0.5) is 5.69 Å². The largest absolute Gasteiger partial charge is 0.494 e. The molecule has 0 atom stereocenters. The lowest BCUT2D eigenvalue weighted by Gasteiger charge is -2.13. The zero-order chi connectivity index (χ0) is 23.8. The summed E-state index contributed by atoms with van der Waals surface area (Å²) >= 11 is 1.30. The Morgan fingerprint density at radius 3 is 2.38 bits per heavy atom. The fourth-order valence-corrected chi connectivity index (χ4v) is 4.11. The van der Waals surface area contributed by atoms with Crippen LogP contribution in [0.15, 0.2) is 82.7 Å². The number of aliphatic imine (C=N–C) groups is 1. The van der Waals surface area contributed by atoms with Crippen molar-refractivity contribution >= 4 is 34.6 Å². The Morgan fingerprint density at radius 2 is 1.65 bits per heavy atom. The quantitative estimate of drug-likeness (QED) is 0.388. The first-order valence-corrected chi connectivity index (χ1v) is 11.9. The van der Waals surface area contributed by atoms with Gasteiger partial charge in [-0.1, -0.05) is 36.4 Å². The third-order valence-electron chi connectivity index (χ3n) is 4.83. The van der Waals surface area contributed by atoms with Crippen molar-refractivity contribution < 1.29 is 19.0 Å². The Labute approximate surface area is 203 Å². The van der Waals surface area contributed by atoms with Crippen LogP contribution < -0.4 is 19.5 Å². The van der Waals surface area contributed by atoms with Crippen molar-refractivity contribution in [2.45, 2.75) is 20.5 Å². The third kappa shape index (κ3) is 6.20. The fraction of sp³-hybridized carbons (Fsp3) is 0.185. The molecule has 3 aromatic carbocycles. The minimum Gasteiger partial charge on any atom is -0.494 e. The van der Waals surface area contributed by atoms with Gasteiger partial charge in [0.05, 0.1) is 23.8 Å². The molecular weight excluding hydrogens is 448 g/mol. The number of nitrogens with zero attached hydrogens (tertiary/aromatic N) is 1. The summed E-state index contributed by atoms with van der Waals surface area (Å²) in [6, 6.07) is 23.1. The molecule has 6 nitrogen and oxygen atoms in total. The Hall–Kier alpha value is -3.71. The molecule has 1 fully saturated rings. The molecule has 4 rings (SSSR count). The van der Waals surface area contributed by atoms with E-state index in [0.29, 0.717) is 41.4 Å². The zero-order valence-electron chi connectivity index (χ0n) is 19.1. The number of hydrogen-bond acceptors (Lipinski definition) is 6. The summed E-state index contributed by atoms with van der Waals surface area (Å²) in [5.74, 6) is 1.90. The van der Waals surface area contributed by atoms with Gasteiger partial charge in [-0.15, -0.1) is 0 Å². The summed E-state index contributed by atoms with van der Waals surface area (Å²) < 4.78 is 17.2. The number of hydrogen-bond donors (Lipinski definition) is 1. The van der Waals surface area contributed by atoms with E-state index in [1.54, 1.807) is 0 Å². The number of amides is 1. The Bertz CT molecular complexity index is 1190. The van der Waals surface area contributed by atoms with Gasteiger partial charge in [-0.05, 0) is 79.2 Å². The normalized spacial score (nSPS) is 15.4. The van der Waals surface area contributed by atoms with E-state index in [9.17, 15) is 4.79 Å². The molecule has 0 radical (unpaired) electrons. The molecule has 1 saturated heterocycles. The summed E-state index contributed by atoms with van der Waals surface area (Å²) in [6.45, 7) is 5.44. The third-order valence-corrected chi connectivity index (χ3v) is 5.74. The number of nitrogens with one attached hydrogen (secondary N) is 1. The molecular formula is C27H26N2O4S. The van der Waals surface area contributed by atoms with Crippen LogP contribution in [0.1, 0.15) is 25.0 Å². The standard InChI is InChI=1S/C27H26N2O4S/c1-3-31-22-13-11-21(12-14-22)28-27-29-26(30)25(34-27)17-20-10-15-23(24(16-20)32-4-2)33-18-19-8-6-5-7-9-19/h5-17H,3-4,18H2,1-2H3,(H,28,29,30)/b25-17-. The van der Waals surface area contributed by atoms with E-state index in [-0.39, 0.29) is 5.91 Å². The van der Waals surface area contributed by atoms with Crippen molar-refractivity contribution in [2.75, 3.05) is 13.2 Å². The average Bonchev–Trinajstić information content (AvgIpc) is 3.19. The number of thioether (sulfide) groups is 1. The average molecular weight is 475 g/mol. The van der Waals surface area contributed by atoms with E-state index in [1.165, 1.54) is 11.8 Å². The molecule has 1 heterocycles. The van der Waals surface area contributed by atoms with Gasteiger partial charge < -0.3 is 19.5 Å². The fourth-order valence-electron chi connectivity index (χ4n) is 3.27. The first kappa shape index (κ1) is 23.4. The van der Waals surface area contributed by atoms with Gasteiger partial charge in [-0.25, -0.2) is 4.99 Å². The zero-order valence-corrected chi connectivity index (χ0v) is 19.9. The van der Waals surface area contributed by atoms with Gasteiger partial charge in [0.2, 0.25) is 0 Å². The van der Waals surface area contributed by atoms with Gasteiger partial charge in [0.25, 0.3) is 5.91 Å². The number of carbonyl (C=O) groups is 1. The molecule has 3 aromatic rings. The summed E-state index contributed by atoms with van der Waals surface area (Å²) in [5.41, 5.74) is 2.66. The van der Waals surface area contributed by atoms with Gasteiger partial charge in [-0.3, -0.25) is 4.79 Å². The first-order valence-electron chi connectivity index (χ1n) is 11.1. The molecule has 0 bridgehead atoms. The highest BCUT2D eigenvalue weighted by Crippen LogP contribution is 2.33. The van der Waals surface area contributed by atoms with Crippen LogP contribution in [0.25, 0.3) is 6.08 Å². The van der Waals surface area contributed by atoms with E-state index in [4.69, 9.17) is 14.2 Å². The van der Waals surface area contributed by atoms with Crippen LogP contribution in [0.3, 0.4) is 0 Å². The molecule has 0 aliphatic carbocycles. The SMILES string of the molecule is CCOc1ccc(N=C2NC(=O)/C(=C/c3ccc(OCc4ccccc4)c(OCC)c3)S2)cc1. The van der Waals surface area contributed by atoms with Gasteiger partial charge in [-0.2, -0.15) is 0 Å². The molecule has 1 amide bonds. The van der Waals surface area contributed by atoms with Crippen LogP contribution in [0.2, 0.25) is 0 Å². The molecule has 0 aromatic heterocycles. The highest BCUT2D eigenvalue weighted by atomic mass is 32.2. The van der Waals surface area contributed by atoms with Crippen molar-refractivity contribution in [3.63, 3.8) is 0 Å². The number of amidine groups is 1. The molecule has 1 aliphatic rings. The van der Waals surface area contributed by atoms with E-state index in [2.05, 4.69) is 10.3 Å². The topological polar surface area (TPSA) is 69.2 Å². The van der Waals surface area contributed by atoms with Gasteiger partial charge >= 0.3 is 0 Å². The summed E-state index contributed by atoms with van der Waals surface area (Å²) in [7, 11) is 0. The van der Waals surface area contributed by atoms with Crippen molar-refractivity contribution in [1.82, 2.24) is 5.32 Å². The maximum Gasteiger partial charge on any atom is 0.264 e. The van der Waals surface area contributed by atoms with Crippen molar-refractivity contribution in [3.8, 4) is 17.2 Å². The summed E-state index contributed by atoms with van der Waals surface area (Å²) in [6.07, 6.45) is 1.82. The Morgan fingerprint density at radius 1 is 0.882 bits per heavy atom. The van der Waals surface area contributed by atoms with Crippen LogP contribution in [-0.4, -0.2) is 24.3 Å². The van der Waals surface area contributed by atoms with Crippen LogP contribution in [0, 0.1) is 0 Å².